The van der Waals surface area contributed by atoms with Crippen molar-refractivity contribution >= 4 is 50.3 Å². The Morgan fingerprint density at radius 1 is 0.932 bits per heavy atom. The Hall–Kier alpha value is -5.20. The van der Waals surface area contributed by atoms with E-state index in [0.29, 0.717) is 22.7 Å². The molecule has 1 aliphatic rings. The first-order valence-electron chi connectivity index (χ1n) is 14.3. The molecule has 220 valence electrons. The van der Waals surface area contributed by atoms with Crippen molar-refractivity contribution in [1.29, 1.82) is 0 Å². The number of amides is 2. The van der Waals surface area contributed by atoms with Gasteiger partial charge in [-0.05, 0) is 73.0 Å². The second-order valence-electron chi connectivity index (χ2n) is 10.8. The number of aromatic nitrogens is 5. The van der Waals surface area contributed by atoms with Gasteiger partial charge in [-0.15, -0.1) is 11.3 Å². The summed E-state index contributed by atoms with van der Waals surface area (Å²) in [5.74, 6) is 0.413. The van der Waals surface area contributed by atoms with Crippen LogP contribution in [-0.2, 0) is 6.54 Å². The van der Waals surface area contributed by atoms with Crippen molar-refractivity contribution in [2.75, 3.05) is 18.8 Å². The number of anilines is 1. The van der Waals surface area contributed by atoms with Gasteiger partial charge in [0, 0.05) is 49.3 Å². The average Bonchev–Trinajstić information content (AvgIpc) is 3.64. The van der Waals surface area contributed by atoms with Crippen molar-refractivity contribution in [3.8, 4) is 17.1 Å². The molecule has 0 radical (unpaired) electrons. The van der Waals surface area contributed by atoms with Crippen LogP contribution in [0.2, 0.25) is 0 Å². The van der Waals surface area contributed by atoms with Gasteiger partial charge in [0.15, 0.2) is 16.5 Å². The number of pyridine rings is 2. The number of thiazole rings is 1. The fourth-order valence-electron chi connectivity index (χ4n) is 5.63. The topological polar surface area (TPSA) is 158 Å². The molecule has 7 rings (SSSR count). The smallest absolute Gasteiger partial charge is 0.277 e. The van der Waals surface area contributed by atoms with Crippen LogP contribution in [-0.4, -0.2) is 60.3 Å². The van der Waals surface area contributed by atoms with Crippen LogP contribution >= 0.6 is 11.3 Å². The first-order chi connectivity index (χ1) is 21.4. The summed E-state index contributed by atoms with van der Waals surface area (Å²) >= 11 is 1.23. The van der Waals surface area contributed by atoms with Crippen LogP contribution in [0.4, 0.5) is 5.82 Å². The third-order valence-electron chi connectivity index (χ3n) is 7.88. The molecule has 5 heterocycles. The highest BCUT2D eigenvalue weighted by molar-refractivity contribution is 7.20. The molecular weight excluding hydrogens is 574 g/mol. The lowest BCUT2D eigenvalue weighted by Crippen LogP contribution is -2.44. The summed E-state index contributed by atoms with van der Waals surface area (Å²) in [5.41, 5.74) is 17.1. The van der Waals surface area contributed by atoms with E-state index in [2.05, 4.69) is 49.4 Å². The number of nitrogens with zero attached hydrogens (tertiary/aromatic N) is 6. The molecule has 6 aromatic rings. The van der Waals surface area contributed by atoms with Crippen LogP contribution in [0.3, 0.4) is 0 Å². The van der Waals surface area contributed by atoms with Crippen molar-refractivity contribution < 1.29 is 9.59 Å². The second-order valence-corrected chi connectivity index (χ2v) is 11.8. The lowest BCUT2D eigenvalue weighted by molar-refractivity contribution is 0.0908. The third-order valence-corrected chi connectivity index (χ3v) is 8.93. The van der Waals surface area contributed by atoms with Gasteiger partial charge >= 0.3 is 0 Å². The molecule has 1 aliphatic heterocycles. The molecule has 0 saturated carbocycles. The summed E-state index contributed by atoms with van der Waals surface area (Å²) in [4.78, 5) is 44.7. The molecule has 1 fully saturated rings. The molecule has 11 nitrogen and oxygen atoms in total. The maximum atomic E-state index is 13.0. The summed E-state index contributed by atoms with van der Waals surface area (Å²) in [5, 5.41) is 3.41. The van der Waals surface area contributed by atoms with Crippen molar-refractivity contribution in [3.63, 3.8) is 0 Å². The predicted molar refractivity (Wildman–Crippen MR) is 170 cm³/mol. The Morgan fingerprint density at radius 3 is 2.48 bits per heavy atom. The van der Waals surface area contributed by atoms with Crippen molar-refractivity contribution in [3.05, 3.63) is 95.3 Å². The van der Waals surface area contributed by atoms with Gasteiger partial charge in [0.05, 0.1) is 15.8 Å². The molecule has 0 unspecified atom stereocenters. The van der Waals surface area contributed by atoms with Crippen LogP contribution in [0.1, 0.15) is 38.6 Å². The lowest BCUT2D eigenvalue weighted by atomic mass is 10.0. The number of nitrogens with two attached hydrogens (primary N) is 2. The first-order valence-corrected chi connectivity index (χ1v) is 15.1. The minimum atomic E-state index is -0.565. The Morgan fingerprint density at radius 2 is 1.70 bits per heavy atom. The maximum absolute atomic E-state index is 13.0. The monoisotopic (exact) mass is 603 g/mol. The van der Waals surface area contributed by atoms with E-state index >= 15 is 0 Å². The van der Waals surface area contributed by atoms with E-state index in [1.807, 2.05) is 34.9 Å². The normalized spacial score (nSPS) is 14.3. The van der Waals surface area contributed by atoms with Crippen LogP contribution in [0.15, 0.2) is 79.1 Å². The highest BCUT2D eigenvalue weighted by Gasteiger charge is 2.22. The number of likely N-dealkylation sites (tertiary alicyclic amines) is 1. The molecule has 0 aliphatic carbocycles. The molecule has 2 amide bonds. The quantitative estimate of drug-likeness (QED) is 0.245. The van der Waals surface area contributed by atoms with Gasteiger partial charge in [0.25, 0.3) is 11.8 Å². The van der Waals surface area contributed by atoms with Crippen LogP contribution in [0.5, 0.6) is 0 Å². The van der Waals surface area contributed by atoms with Crippen molar-refractivity contribution in [1.82, 2.24) is 34.7 Å². The number of nitrogens with one attached hydrogen (secondary N) is 1. The fourth-order valence-corrected chi connectivity index (χ4v) is 6.43. The third kappa shape index (κ3) is 5.36. The van der Waals surface area contributed by atoms with Crippen molar-refractivity contribution in [2.24, 2.45) is 5.73 Å². The minimum Gasteiger partial charge on any atom is -0.383 e. The van der Waals surface area contributed by atoms with Gasteiger partial charge < -0.3 is 16.8 Å². The Labute approximate surface area is 256 Å². The van der Waals surface area contributed by atoms with E-state index in [1.165, 1.54) is 16.9 Å². The molecule has 0 atom stereocenters. The summed E-state index contributed by atoms with van der Waals surface area (Å²) in [6.45, 7) is 2.57. The number of fused-ring (bicyclic) bond motifs is 2. The fraction of sp³-hybridized carbons (Fsp3) is 0.188. The number of piperidine rings is 1. The molecule has 2 aromatic carbocycles. The number of nitrogen functional groups attached to an aromatic ring is 1. The summed E-state index contributed by atoms with van der Waals surface area (Å²) < 4.78 is 2.84. The highest BCUT2D eigenvalue weighted by Crippen LogP contribution is 2.30. The largest absolute Gasteiger partial charge is 0.383 e. The zero-order valence-electron chi connectivity index (χ0n) is 23.7. The Bertz CT molecular complexity index is 2010. The second kappa shape index (κ2) is 11.5. The average molecular weight is 604 g/mol. The van der Waals surface area contributed by atoms with Gasteiger partial charge in [-0.3, -0.25) is 19.1 Å². The van der Waals surface area contributed by atoms with Crippen LogP contribution < -0.4 is 16.8 Å². The Kier molecular flexibility index (Phi) is 7.20. The van der Waals surface area contributed by atoms with E-state index < -0.39 is 5.91 Å². The summed E-state index contributed by atoms with van der Waals surface area (Å²) in [6.07, 6.45) is 5.15. The Balaban J connectivity index is 1.00. The molecule has 1 saturated heterocycles. The van der Waals surface area contributed by atoms with Crippen LogP contribution in [0.25, 0.3) is 38.5 Å². The molecule has 0 spiro atoms. The number of rotatable bonds is 7. The zero-order chi connectivity index (χ0) is 30.2. The van der Waals surface area contributed by atoms with Crippen LogP contribution in [0, 0.1) is 0 Å². The van der Waals surface area contributed by atoms with Crippen molar-refractivity contribution in [2.45, 2.75) is 25.4 Å². The molecule has 5 N–H and O–H groups in total. The van der Waals surface area contributed by atoms with E-state index in [-0.39, 0.29) is 17.0 Å². The van der Waals surface area contributed by atoms with Gasteiger partial charge in [-0.2, -0.15) is 0 Å². The first kappa shape index (κ1) is 27.6. The molecule has 0 bridgehead atoms. The van der Waals surface area contributed by atoms with E-state index in [9.17, 15) is 9.59 Å². The SMILES string of the molecule is NC(=O)c1nc2cc(C(=O)NC3CCN(Cc4ccc(-n5c(-c6cccnc6N)nc6cccnc65)cc4)CC3)ccc2s1. The number of carbonyl (C=O) groups excluding carboxylic acids is 2. The molecule has 4 aromatic heterocycles. The number of benzene rings is 2. The van der Waals surface area contributed by atoms with Gasteiger partial charge in [0.2, 0.25) is 0 Å². The van der Waals surface area contributed by atoms with E-state index in [1.54, 1.807) is 24.5 Å². The number of primary amides is 1. The molecular formula is C32H29N9O2S. The van der Waals surface area contributed by atoms with Gasteiger partial charge in [-0.1, -0.05) is 12.1 Å². The van der Waals surface area contributed by atoms with Gasteiger partial charge in [-0.25, -0.2) is 19.9 Å². The number of imidazole rings is 1. The summed E-state index contributed by atoms with van der Waals surface area (Å²) in [6, 6.07) is 21.4. The standard InChI is InChI=1S/C32H29N9O2S/c33-27-23(3-1-13-35-27)29-38-24-4-2-14-36-30(24)41(29)22-8-5-19(6-9-22)18-40-15-11-21(12-16-40)37-31(43)20-7-10-26-25(17-20)39-32(44-26)28(34)42/h1-10,13-14,17,21H,11-12,15-16,18H2,(H2,33,35)(H2,34,42)(H,37,43). The lowest BCUT2D eigenvalue weighted by Gasteiger charge is -2.32. The minimum absolute atomic E-state index is 0.0915. The number of hydrogen-bond donors (Lipinski definition) is 3. The highest BCUT2D eigenvalue weighted by atomic mass is 32.1. The summed E-state index contributed by atoms with van der Waals surface area (Å²) in [7, 11) is 0. The molecule has 12 heteroatoms. The number of carbonyl (C=O) groups is 2. The number of hydrogen-bond acceptors (Lipinski definition) is 9. The van der Waals surface area contributed by atoms with E-state index in [4.69, 9.17) is 16.5 Å². The maximum Gasteiger partial charge on any atom is 0.277 e. The van der Waals surface area contributed by atoms with E-state index in [0.717, 1.165) is 59.6 Å². The zero-order valence-corrected chi connectivity index (χ0v) is 24.5. The molecule has 44 heavy (non-hydrogen) atoms. The predicted octanol–water partition coefficient (Wildman–Crippen LogP) is 4.17. The van der Waals surface area contributed by atoms with Gasteiger partial charge in [0.1, 0.15) is 11.3 Å².